The number of H-pyrrole nitrogens is 1. The Morgan fingerprint density at radius 3 is 2.39 bits per heavy atom. The van der Waals surface area contributed by atoms with Crippen LogP contribution in [0.1, 0.15) is 41.5 Å². The highest BCUT2D eigenvalue weighted by Crippen LogP contribution is 2.42. The van der Waals surface area contributed by atoms with Gasteiger partial charge in [-0.15, -0.1) is 8.78 Å². The van der Waals surface area contributed by atoms with Gasteiger partial charge in [-0.05, 0) is 26.0 Å². The molecule has 2 heterocycles. The molecule has 1 aliphatic heterocycles. The van der Waals surface area contributed by atoms with Gasteiger partial charge >= 0.3 is 6.29 Å². The first-order chi connectivity index (χ1) is 14.8. The summed E-state index contributed by atoms with van der Waals surface area (Å²) < 4.78 is 35.0. The fourth-order valence-electron chi connectivity index (χ4n) is 2.47. The van der Waals surface area contributed by atoms with Crippen molar-refractivity contribution in [3.63, 3.8) is 0 Å². The van der Waals surface area contributed by atoms with Crippen LogP contribution in [0.3, 0.4) is 0 Å². The van der Waals surface area contributed by atoms with E-state index < -0.39 is 6.29 Å². The number of alkyl halides is 2. The van der Waals surface area contributed by atoms with Crippen molar-refractivity contribution in [2.75, 3.05) is 11.9 Å². The number of benzene rings is 1. The smallest absolute Gasteiger partial charge is 0.395 e. The monoisotopic (exact) mass is 436 g/mol. The van der Waals surface area contributed by atoms with E-state index in [4.69, 9.17) is 0 Å². The lowest BCUT2D eigenvalue weighted by Crippen LogP contribution is -2.25. The number of aromatic amines is 1. The molecule has 0 bridgehead atoms. The van der Waals surface area contributed by atoms with Gasteiger partial charge in [-0.3, -0.25) is 10.1 Å². The molecule has 9 heteroatoms. The topological polar surface area (TPSA) is 88.3 Å². The summed E-state index contributed by atoms with van der Waals surface area (Å²) in [6.07, 6.45) is 1.27. The number of carbonyl (C=O) groups excluding carboxylic acids is 1. The molecule has 0 atom stereocenters. The minimum Gasteiger partial charge on any atom is -0.395 e. The van der Waals surface area contributed by atoms with Gasteiger partial charge in [0.2, 0.25) is 5.95 Å². The molecule has 1 amide bonds. The van der Waals surface area contributed by atoms with Crippen LogP contribution in [0, 0.1) is 0 Å². The number of rotatable bonds is 6. The van der Waals surface area contributed by atoms with E-state index in [0.29, 0.717) is 22.3 Å². The highest BCUT2D eigenvalue weighted by atomic mass is 19.3. The normalized spacial score (nSPS) is 13.7. The first kappa shape index (κ1) is 25.7. The Morgan fingerprint density at radius 1 is 1.19 bits per heavy atom. The molecule has 3 N–H and O–H groups in total. The van der Waals surface area contributed by atoms with E-state index in [1.165, 1.54) is 12.1 Å². The van der Waals surface area contributed by atoms with Crippen molar-refractivity contribution in [2.45, 2.75) is 47.8 Å². The number of hydrogen-bond acceptors (Lipinski definition) is 5. The predicted octanol–water partition coefficient (Wildman–Crippen LogP) is 5.50. The number of likely N-dealkylation sites (N-methyl/N-ethyl adjacent to an activating group) is 1. The number of anilines is 1. The zero-order valence-corrected chi connectivity index (χ0v) is 18.7. The summed E-state index contributed by atoms with van der Waals surface area (Å²) in [6, 6.07) is 2.65. The van der Waals surface area contributed by atoms with Crippen LogP contribution in [0.4, 0.5) is 14.7 Å². The number of amides is 1. The second kappa shape index (κ2) is 11.7. The largest absolute Gasteiger partial charge is 0.586 e. The molecule has 0 spiro atoms. The molecule has 0 fully saturated rings. The molecular formula is C22H30F2N4O3. The Labute approximate surface area is 181 Å². The number of carbonyl (C=O) groups is 1. The quantitative estimate of drug-likeness (QED) is 0.411. The molecular weight excluding hydrogens is 406 g/mol. The summed E-state index contributed by atoms with van der Waals surface area (Å²) in [5.41, 5.74) is 1.86. The van der Waals surface area contributed by atoms with Crippen LogP contribution in [0.5, 0.6) is 11.5 Å². The summed E-state index contributed by atoms with van der Waals surface area (Å²) in [7, 11) is 0. The van der Waals surface area contributed by atoms with Gasteiger partial charge in [-0.1, -0.05) is 40.3 Å². The predicted molar refractivity (Wildman–Crippen MR) is 119 cm³/mol. The number of fused-ring (bicyclic) bond motifs is 2. The molecule has 0 aliphatic carbocycles. The van der Waals surface area contributed by atoms with Crippen molar-refractivity contribution in [1.29, 1.82) is 0 Å². The van der Waals surface area contributed by atoms with Crippen LogP contribution in [-0.4, -0.2) is 28.7 Å². The third-order valence-electron chi connectivity index (χ3n) is 3.68. The van der Waals surface area contributed by atoms with Crippen LogP contribution in [0.2, 0.25) is 0 Å². The van der Waals surface area contributed by atoms with Crippen LogP contribution >= 0.6 is 0 Å². The van der Waals surface area contributed by atoms with Crippen LogP contribution in [0.25, 0.3) is 11.0 Å². The molecule has 0 saturated carbocycles. The second-order valence-electron chi connectivity index (χ2n) is 5.66. The van der Waals surface area contributed by atoms with Gasteiger partial charge in [0.05, 0.1) is 11.0 Å². The van der Waals surface area contributed by atoms with Crippen molar-refractivity contribution in [1.82, 2.24) is 15.3 Å². The lowest BCUT2D eigenvalue weighted by atomic mass is 10.2. The maximum absolute atomic E-state index is 13.1. The SMILES string of the molecule is C=C(/C=C\C(=C/C)C(=O)Nc1nc2cc3c(cc2[nH]1)OC(F)(F)O3)NCC.CC.CC. The van der Waals surface area contributed by atoms with Gasteiger partial charge in [-0.2, -0.15) is 0 Å². The van der Waals surface area contributed by atoms with Gasteiger partial charge in [0.25, 0.3) is 5.91 Å². The lowest BCUT2D eigenvalue weighted by Gasteiger charge is -2.04. The molecule has 170 valence electrons. The highest BCUT2D eigenvalue weighted by Gasteiger charge is 2.43. The highest BCUT2D eigenvalue weighted by molar-refractivity contribution is 6.05. The van der Waals surface area contributed by atoms with Crippen molar-refractivity contribution in [3.8, 4) is 11.5 Å². The zero-order chi connectivity index (χ0) is 23.6. The molecule has 7 nitrogen and oxygen atoms in total. The average Bonchev–Trinajstić information content (AvgIpc) is 3.26. The number of imidazole rings is 1. The second-order valence-corrected chi connectivity index (χ2v) is 5.66. The fourth-order valence-corrected chi connectivity index (χ4v) is 2.47. The van der Waals surface area contributed by atoms with Gasteiger partial charge in [0, 0.05) is 29.9 Å². The Hall–Kier alpha value is -3.36. The maximum Gasteiger partial charge on any atom is 0.586 e. The number of hydrogen-bond donors (Lipinski definition) is 3. The van der Waals surface area contributed by atoms with Crippen molar-refractivity contribution in [3.05, 3.63) is 48.2 Å². The minimum absolute atomic E-state index is 0.104. The minimum atomic E-state index is -3.69. The maximum atomic E-state index is 13.1. The number of allylic oxidation sites excluding steroid dienone is 2. The molecule has 1 aliphatic rings. The van der Waals surface area contributed by atoms with Crippen LogP contribution < -0.4 is 20.1 Å². The molecule has 0 radical (unpaired) electrons. The van der Waals surface area contributed by atoms with Gasteiger partial charge < -0.3 is 19.8 Å². The first-order valence-corrected chi connectivity index (χ1v) is 10.2. The number of halogens is 2. The Kier molecular flexibility index (Phi) is 9.72. The molecule has 0 unspecified atom stereocenters. The van der Waals surface area contributed by atoms with Crippen molar-refractivity contribution < 1.29 is 23.0 Å². The van der Waals surface area contributed by atoms with E-state index in [-0.39, 0.29) is 23.4 Å². The molecule has 31 heavy (non-hydrogen) atoms. The Balaban J connectivity index is 0.00000113. The van der Waals surface area contributed by atoms with E-state index in [0.717, 1.165) is 6.54 Å². The summed E-state index contributed by atoms with van der Waals surface area (Å²) in [5.74, 6) is -0.434. The van der Waals surface area contributed by atoms with Crippen LogP contribution in [0.15, 0.2) is 48.2 Å². The average molecular weight is 437 g/mol. The summed E-state index contributed by atoms with van der Waals surface area (Å²) in [5, 5.41) is 5.65. The third kappa shape index (κ3) is 6.84. The zero-order valence-electron chi connectivity index (χ0n) is 18.7. The molecule has 1 aromatic carbocycles. The van der Waals surface area contributed by atoms with E-state index in [1.807, 2.05) is 34.6 Å². The molecule has 3 rings (SSSR count). The van der Waals surface area contributed by atoms with E-state index in [1.54, 1.807) is 25.2 Å². The lowest BCUT2D eigenvalue weighted by molar-refractivity contribution is -0.286. The van der Waals surface area contributed by atoms with E-state index in [9.17, 15) is 13.6 Å². The summed E-state index contributed by atoms with van der Waals surface area (Å²) >= 11 is 0. The third-order valence-corrected chi connectivity index (χ3v) is 3.68. The van der Waals surface area contributed by atoms with Gasteiger partial charge in [0.15, 0.2) is 11.5 Å². The van der Waals surface area contributed by atoms with Crippen LogP contribution in [-0.2, 0) is 4.79 Å². The molecule has 1 aromatic heterocycles. The van der Waals surface area contributed by atoms with E-state index >= 15 is 0 Å². The number of nitrogens with zero attached hydrogens (tertiary/aromatic N) is 1. The Bertz CT molecular complexity index is 920. The Morgan fingerprint density at radius 2 is 1.81 bits per heavy atom. The molecule has 2 aromatic rings. The van der Waals surface area contributed by atoms with E-state index in [2.05, 4.69) is 36.7 Å². The molecule has 0 saturated heterocycles. The van der Waals surface area contributed by atoms with Crippen molar-refractivity contribution >= 4 is 22.9 Å². The first-order valence-electron chi connectivity index (χ1n) is 10.2. The number of ether oxygens (including phenoxy) is 2. The number of nitrogens with one attached hydrogen (secondary N) is 3. The van der Waals surface area contributed by atoms with Gasteiger partial charge in [-0.25, -0.2) is 4.98 Å². The summed E-state index contributed by atoms with van der Waals surface area (Å²) in [6.45, 7) is 16.2. The summed E-state index contributed by atoms with van der Waals surface area (Å²) in [4.78, 5) is 19.4. The van der Waals surface area contributed by atoms with Crippen molar-refractivity contribution in [2.24, 2.45) is 0 Å². The fraction of sp³-hybridized carbons (Fsp3) is 0.364. The standard InChI is InChI=1S/C18H18F2N4O3.2C2H6/c1-4-11(7-6-10(3)21-5-2)16(25)24-17-22-12-8-14-15(9-13(12)23-17)27-18(19,20)26-14;2*1-2/h4,6-9,21H,3,5H2,1-2H3,(H2,22,23,24,25);2*1-2H3/b7-6-,11-4+;;. The number of aromatic nitrogens is 2. The van der Waals surface area contributed by atoms with Gasteiger partial charge in [0.1, 0.15) is 0 Å².